The molecule has 2 fully saturated rings. The number of hydrogen-bond donors (Lipinski definition) is 2. The van der Waals surface area contributed by atoms with Crippen molar-refractivity contribution in [3.63, 3.8) is 0 Å². The Bertz CT molecular complexity index is 361. The lowest BCUT2D eigenvalue weighted by Crippen LogP contribution is -2.32. The topological polar surface area (TPSA) is 62.5 Å². The van der Waals surface area contributed by atoms with Crippen LogP contribution in [-0.2, 0) is 10.2 Å². The Kier molecular flexibility index (Phi) is 1.37. The minimum absolute atomic E-state index is 0.214. The van der Waals surface area contributed by atoms with Crippen LogP contribution in [0.25, 0.3) is 0 Å². The van der Waals surface area contributed by atoms with Crippen LogP contribution in [-0.4, -0.2) is 24.2 Å². The van der Waals surface area contributed by atoms with Crippen LogP contribution < -0.4 is 5.32 Å². The van der Waals surface area contributed by atoms with Gasteiger partial charge in [0.15, 0.2) is 0 Å². The first-order valence-electron chi connectivity index (χ1n) is 4.76. The Morgan fingerprint density at radius 2 is 2.29 bits per heavy atom. The van der Waals surface area contributed by atoms with Gasteiger partial charge >= 0.3 is 5.97 Å². The van der Waals surface area contributed by atoms with Gasteiger partial charge in [0, 0.05) is 11.8 Å². The van der Waals surface area contributed by atoms with E-state index in [9.17, 15) is 9.90 Å². The molecule has 14 heavy (non-hydrogen) atoms. The van der Waals surface area contributed by atoms with Crippen molar-refractivity contribution in [1.29, 1.82) is 0 Å². The van der Waals surface area contributed by atoms with E-state index in [1.165, 1.54) is 0 Å². The second-order valence-electron chi connectivity index (χ2n) is 4.02. The molecule has 1 aromatic rings. The minimum Gasteiger partial charge on any atom is -0.480 e. The Balaban J connectivity index is 2.04. The fraction of sp³-hybridized carbons (Fsp3) is 0.500. The molecule has 3 rings (SSSR count). The smallest absolute Gasteiger partial charge is 0.318 e. The molecule has 0 spiro atoms. The molecule has 2 aliphatic rings. The van der Waals surface area contributed by atoms with Crippen molar-refractivity contribution in [2.75, 3.05) is 13.1 Å². The zero-order valence-corrected chi connectivity index (χ0v) is 7.56. The van der Waals surface area contributed by atoms with Crippen molar-refractivity contribution in [3.8, 4) is 0 Å². The van der Waals surface area contributed by atoms with Crippen molar-refractivity contribution in [2.45, 2.75) is 5.41 Å². The molecular weight excluding hydrogens is 182 g/mol. The van der Waals surface area contributed by atoms with Gasteiger partial charge in [-0.05, 0) is 25.2 Å². The largest absolute Gasteiger partial charge is 0.480 e. The predicted molar refractivity (Wildman–Crippen MR) is 47.9 cm³/mol. The highest BCUT2D eigenvalue weighted by atomic mass is 16.4. The summed E-state index contributed by atoms with van der Waals surface area (Å²) < 4.78 is 5.25. The molecule has 1 aliphatic heterocycles. The fourth-order valence-corrected chi connectivity index (χ4v) is 2.84. The summed E-state index contributed by atoms with van der Waals surface area (Å²) in [5.74, 6) is 0.294. The van der Waals surface area contributed by atoms with Crippen molar-refractivity contribution >= 4 is 5.97 Å². The van der Waals surface area contributed by atoms with Crippen molar-refractivity contribution < 1.29 is 14.3 Å². The fourth-order valence-electron chi connectivity index (χ4n) is 2.84. The van der Waals surface area contributed by atoms with E-state index in [0.29, 0.717) is 5.76 Å². The normalized spacial score (nSPS) is 39.4. The molecule has 74 valence electrons. The number of rotatable bonds is 2. The number of hydrogen-bond acceptors (Lipinski definition) is 3. The Morgan fingerprint density at radius 3 is 2.79 bits per heavy atom. The zero-order chi connectivity index (χ0) is 9.76. The predicted octanol–water partition coefficient (Wildman–Crippen LogP) is 0.451. The monoisotopic (exact) mass is 193 g/mol. The second kappa shape index (κ2) is 2.39. The third-order valence-electron chi connectivity index (χ3n) is 3.56. The van der Waals surface area contributed by atoms with E-state index in [0.717, 1.165) is 13.1 Å². The van der Waals surface area contributed by atoms with E-state index in [-0.39, 0.29) is 11.8 Å². The first-order chi connectivity index (χ1) is 6.78. The van der Waals surface area contributed by atoms with Gasteiger partial charge < -0.3 is 14.8 Å². The maximum absolute atomic E-state index is 11.3. The number of furan rings is 1. The molecule has 1 saturated heterocycles. The number of carboxylic acids is 1. The van der Waals surface area contributed by atoms with Gasteiger partial charge in [-0.1, -0.05) is 0 Å². The van der Waals surface area contributed by atoms with Gasteiger partial charge in [0.2, 0.25) is 0 Å². The van der Waals surface area contributed by atoms with Crippen LogP contribution in [0.4, 0.5) is 0 Å². The molecule has 0 bridgehead atoms. The molecule has 2 heterocycles. The number of carboxylic acid groups (broad SMARTS) is 1. The Morgan fingerprint density at radius 1 is 1.57 bits per heavy atom. The van der Waals surface area contributed by atoms with E-state index in [2.05, 4.69) is 5.32 Å². The maximum atomic E-state index is 11.3. The molecule has 4 nitrogen and oxygen atoms in total. The quantitative estimate of drug-likeness (QED) is 0.716. The number of piperidine rings is 1. The van der Waals surface area contributed by atoms with E-state index < -0.39 is 11.4 Å². The van der Waals surface area contributed by atoms with Gasteiger partial charge in [-0.25, -0.2) is 0 Å². The van der Waals surface area contributed by atoms with Gasteiger partial charge in [0.05, 0.1) is 6.26 Å². The molecule has 1 aliphatic carbocycles. The van der Waals surface area contributed by atoms with Crippen LogP contribution in [0, 0.1) is 11.8 Å². The van der Waals surface area contributed by atoms with Crippen molar-refractivity contribution in [3.05, 3.63) is 24.2 Å². The summed E-state index contributed by atoms with van der Waals surface area (Å²) in [4.78, 5) is 11.3. The summed E-state index contributed by atoms with van der Waals surface area (Å²) in [5, 5.41) is 12.5. The highest BCUT2D eigenvalue weighted by Gasteiger charge is 2.74. The molecule has 4 heteroatoms. The molecule has 1 aromatic heterocycles. The second-order valence-corrected chi connectivity index (χ2v) is 4.02. The summed E-state index contributed by atoms with van der Waals surface area (Å²) in [6.07, 6.45) is 1.54. The van der Waals surface area contributed by atoms with Crippen LogP contribution in [0.3, 0.4) is 0 Å². The van der Waals surface area contributed by atoms with Gasteiger partial charge in [0.1, 0.15) is 11.2 Å². The molecule has 0 radical (unpaired) electrons. The molecular formula is C10H11NO3. The minimum atomic E-state index is -0.746. The van der Waals surface area contributed by atoms with Gasteiger partial charge in [0.25, 0.3) is 0 Å². The summed E-state index contributed by atoms with van der Waals surface area (Å²) >= 11 is 0. The van der Waals surface area contributed by atoms with Crippen LogP contribution in [0.15, 0.2) is 22.8 Å². The first-order valence-corrected chi connectivity index (χ1v) is 4.76. The van der Waals surface area contributed by atoms with E-state index in [1.54, 1.807) is 18.4 Å². The average molecular weight is 193 g/mol. The summed E-state index contributed by atoms with van der Waals surface area (Å²) in [7, 11) is 0. The summed E-state index contributed by atoms with van der Waals surface area (Å²) in [5.41, 5.74) is -0.727. The molecule has 0 amide bonds. The highest BCUT2D eigenvalue weighted by Crippen LogP contribution is 2.61. The number of fused-ring (bicyclic) bond motifs is 1. The molecule has 2 N–H and O–H groups in total. The highest BCUT2D eigenvalue weighted by molar-refractivity contribution is 5.86. The van der Waals surface area contributed by atoms with Crippen LogP contribution in [0.1, 0.15) is 5.76 Å². The van der Waals surface area contributed by atoms with Gasteiger partial charge in [-0.3, -0.25) is 4.79 Å². The number of nitrogens with one attached hydrogen (secondary N) is 1. The standard InChI is InChI=1S/C10H11NO3/c12-9(13)10(8-2-1-3-14-8)6-4-11-5-7(6)10/h1-3,6-7,11H,4-5H2,(H,12,13). The van der Waals surface area contributed by atoms with E-state index >= 15 is 0 Å². The van der Waals surface area contributed by atoms with Crippen LogP contribution in [0.5, 0.6) is 0 Å². The van der Waals surface area contributed by atoms with Gasteiger partial charge in [-0.15, -0.1) is 0 Å². The van der Waals surface area contributed by atoms with Crippen molar-refractivity contribution in [1.82, 2.24) is 5.32 Å². The van der Waals surface area contributed by atoms with Gasteiger partial charge in [-0.2, -0.15) is 0 Å². The van der Waals surface area contributed by atoms with E-state index in [4.69, 9.17) is 4.42 Å². The summed E-state index contributed by atoms with van der Waals surface area (Å²) in [6, 6.07) is 3.52. The van der Waals surface area contributed by atoms with E-state index in [1.807, 2.05) is 0 Å². The third-order valence-corrected chi connectivity index (χ3v) is 3.56. The average Bonchev–Trinajstić information content (AvgIpc) is 2.70. The number of carbonyl (C=O) groups is 1. The van der Waals surface area contributed by atoms with Crippen LogP contribution in [0.2, 0.25) is 0 Å². The van der Waals surface area contributed by atoms with Crippen molar-refractivity contribution in [2.24, 2.45) is 11.8 Å². The molecule has 0 aromatic carbocycles. The SMILES string of the molecule is O=C(O)C1(c2ccco2)C2CNCC21. The Labute approximate surface area is 80.9 Å². The molecule has 1 saturated carbocycles. The Hall–Kier alpha value is -1.29. The number of aliphatic carboxylic acids is 1. The lowest BCUT2D eigenvalue weighted by molar-refractivity contribution is -0.141. The lowest BCUT2D eigenvalue weighted by Gasteiger charge is -2.13. The lowest BCUT2D eigenvalue weighted by atomic mass is 9.97. The third kappa shape index (κ3) is 0.710. The van der Waals surface area contributed by atoms with Crippen LogP contribution >= 0.6 is 0 Å². The zero-order valence-electron chi connectivity index (χ0n) is 7.56. The maximum Gasteiger partial charge on any atom is 0.318 e. The molecule has 2 atom stereocenters. The first kappa shape index (κ1) is 8.05. The molecule has 2 unspecified atom stereocenters. The summed E-state index contributed by atoms with van der Waals surface area (Å²) in [6.45, 7) is 1.58.